The second-order valence-electron chi connectivity index (χ2n) is 7.07. The van der Waals surface area contributed by atoms with Crippen molar-refractivity contribution in [1.82, 2.24) is 9.80 Å². The minimum absolute atomic E-state index is 0.0352. The smallest absolute Gasteiger partial charge is 0.266 e. The molecule has 2 aromatic carbocycles. The summed E-state index contributed by atoms with van der Waals surface area (Å²) >= 11 is 5.93. The lowest BCUT2D eigenvalue weighted by molar-refractivity contribution is -0.143. The quantitative estimate of drug-likeness (QED) is 0.789. The zero-order chi connectivity index (χ0) is 19.5. The third-order valence-electron chi connectivity index (χ3n) is 5.13. The molecule has 2 heterocycles. The molecule has 0 spiro atoms. The monoisotopic (exact) mass is 401 g/mol. The van der Waals surface area contributed by atoms with Crippen molar-refractivity contribution in [1.29, 1.82) is 0 Å². The molecule has 0 N–H and O–H groups in total. The van der Waals surface area contributed by atoms with Gasteiger partial charge >= 0.3 is 0 Å². The number of nitrogens with zero attached hydrogens (tertiary/aromatic N) is 3. The lowest BCUT2D eigenvalue weighted by atomic mass is 10.0. The molecule has 1 amide bonds. The van der Waals surface area contributed by atoms with Crippen LogP contribution in [0.4, 0.5) is 4.39 Å². The Morgan fingerprint density at radius 2 is 1.75 bits per heavy atom. The molecule has 4 rings (SSSR count). The van der Waals surface area contributed by atoms with Gasteiger partial charge in [0.1, 0.15) is 5.82 Å². The highest BCUT2D eigenvalue weighted by Gasteiger charge is 2.33. The summed E-state index contributed by atoms with van der Waals surface area (Å²) in [6.07, 6.45) is -0.182. The van der Waals surface area contributed by atoms with Crippen LogP contribution < -0.4 is 0 Å². The summed E-state index contributed by atoms with van der Waals surface area (Å²) in [6, 6.07) is 13.9. The van der Waals surface area contributed by atoms with Crippen molar-refractivity contribution in [3.05, 3.63) is 70.5 Å². The molecule has 0 saturated carbocycles. The minimum Gasteiger partial charge on any atom is -0.382 e. The SMILES string of the molecule is O=C(C1CC(c2ccc(F)cc2)=NO1)N1CCN(Cc2ccc(Cl)cc2)CC1. The van der Waals surface area contributed by atoms with Crippen LogP contribution >= 0.6 is 11.6 Å². The van der Waals surface area contributed by atoms with Gasteiger partial charge in [-0.2, -0.15) is 0 Å². The van der Waals surface area contributed by atoms with Crippen LogP contribution in [0.25, 0.3) is 0 Å². The van der Waals surface area contributed by atoms with Crippen molar-refractivity contribution >= 4 is 23.2 Å². The number of benzene rings is 2. The average Bonchev–Trinajstić information content (AvgIpc) is 3.20. The highest BCUT2D eigenvalue weighted by molar-refractivity contribution is 6.30. The second-order valence-corrected chi connectivity index (χ2v) is 7.51. The van der Waals surface area contributed by atoms with Crippen molar-refractivity contribution in [3.8, 4) is 0 Å². The average molecular weight is 402 g/mol. The van der Waals surface area contributed by atoms with Crippen LogP contribution in [-0.4, -0.2) is 53.7 Å². The van der Waals surface area contributed by atoms with Crippen LogP contribution in [0.15, 0.2) is 53.7 Å². The van der Waals surface area contributed by atoms with Gasteiger partial charge in [0.2, 0.25) is 6.10 Å². The van der Waals surface area contributed by atoms with E-state index in [1.165, 1.54) is 17.7 Å². The maximum atomic E-state index is 13.1. The van der Waals surface area contributed by atoms with Crippen LogP contribution in [0.5, 0.6) is 0 Å². The molecule has 1 atom stereocenters. The molecule has 0 aliphatic carbocycles. The zero-order valence-electron chi connectivity index (χ0n) is 15.4. The highest BCUT2D eigenvalue weighted by atomic mass is 35.5. The number of carbonyl (C=O) groups excluding carboxylic acids is 1. The molecule has 0 bridgehead atoms. The van der Waals surface area contributed by atoms with Gasteiger partial charge in [-0.25, -0.2) is 4.39 Å². The normalized spacial score (nSPS) is 20.0. The van der Waals surface area contributed by atoms with E-state index in [1.54, 1.807) is 12.1 Å². The van der Waals surface area contributed by atoms with Crippen molar-refractivity contribution < 1.29 is 14.0 Å². The molecule has 7 heteroatoms. The Hall–Kier alpha value is -2.44. The molecule has 2 aliphatic rings. The standard InChI is InChI=1S/C21H21ClFN3O2/c22-17-5-1-15(2-6-17)14-25-9-11-26(12-10-25)21(27)20-13-19(24-28-20)16-3-7-18(23)8-4-16/h1-8,20H,9-14H2. The Bertz CT molecular complexity index is 862. The van der Waals surface area contributed by atoms with Gasteiger partial charge in [0.15, 0.2) is 0 Å². The van der Waals surface area contributed by atoms with Gasteiger partial charge in [-0.15, -0.1) is 0 Å². The summed E-state index contributed by atoms with van der Waals surface area (Å²) in [6.45, 7) is 3.80. The maximum Gasteiger partial charge on any atom is 0.266 e. The van der Waals surface area contributed by atoms with Crippen LogP contribution in [-0.2, 0) is 16.2 Å². The summed E-state index contributed by atoms with van der Waals surface area (Å²) in [4.78, 5) is 22.3. The maximum absolute atomic E-state index is 13.1. The van der Waals surface area contributed by atoms with E-state index >= 15 is 0 Å². The van der Waals surface area contributed by atoms with Gasteiger partial charge in [0.25, 0.3) is 5.91 Å². The Kier molecular flexibility index (Phi) is 5.59. The molecule has 1 unspecified atom stereocenters. The van der Waals surface area contributed by atoms with E-state index in [4.69, 9.17) is 16.4 Å². The van der Waals surface area contributed by atoms with E-state index in [-0.39, 0.29) is 11.7 Å². The summed E-state index contributed by atoms with van der Waals surface area (Å²) in [7, 11) is 0. The van der Waals surface area contributed by atoms with Gasteiger partial charge in [0, 0.05) is 44.2 Å². The van der Waals surface area contributed by atoms with Crippen molar-refractivity contribution in [2.75, 3.05) is 26.2 Å². The molecular formula is C21H21ClFN3O2. The Morgan fingerprint density at radius 1 is 1.07 bits per heavy atom. The largest absolute Gasteiger partial charge is 0.382 e. The molecule has 1 saturated heterocycles. The van der Waals surface area contributed by atoms with Gasteiger partial charge in [-0.3, -0.25) is 9.69 Å². The number of rotatable bonds is 4. The Labute approximate surface area is 168 Å². The summed E-state index contributed by atoms with van der Waals surface area (Å²) in [5.74, 6) is -0.334. The van der Waals surface area contributed by atoms with E-state index in [0.717, 1.165) is 30.2 Å². The Balaban J connectivity index is 1.27. The number of piperazine rings is 1. The first-order chi connectivity index (χ1) is 13.6. The van der Waals surface area contributed by atoms with Crippen molar-refractivity contribution in [2.24, 2.45) is 5.16 Å². The lowest BCUT2D eigenvalue weighted by Crippen LogP contribution is -2.51. The predicted octanol–water partition coefficient (Wildman–Crippen LogP) is 3.32. The van der Waals surface area contributed by atoms with E-state index in [2.05, 4.69) is 10.1 Å². The van der Waals surface area contributed by atoms with Gasteiger partial charge in [-0.1, -0.05) is 41.0 Å². The fourth-order valence-electron chi connectivity index (χ4n) is 3.50. The van der Waals surface area contributed by atoms with Crippen molar-refractivity contribution in [2.45, 2.75) is 19.1 Å². The fourth-order valence-corrected chi connectivity index (χ4v) is 3.63. The third-order valence-corrected chi connectivity index (χ3v) is 5.38. The van der Waals surface area contributed by atoms with E-state index in [1.807, 2.05) is 29.2 Å². The fraction of sp³-hybridized carbons (Fsp3) is 0.333. The minimum atomic E-state index is -0.595. The first kappa shape index (κ1) is 18.9. The van der Waals surface area contributed by atoms with Crippen LogP contribution in [0.2, 0.25) is 5.02 Å². The second kappa shape index (κ2) is 8.29. The van der Waals surface area contributed by atoms with E-state index in [0.29, 0.717) is 25.2 Å². The molecular weight excluding hydrogens is 381 g/mol. The van der Waals surface area contributed by atoms with Crippen LogP contribution in [0, 0.1) is 5.82 Å². The molecule has 5 nitrogen and oxygen atoms in total. The topological polar surface area (TPSA) is 45.1 Å². The number of hydrogen-bond donors (Lipinski definition) is 0. The van der Waals surface area contributed by atoms with Crippen LogP contribution in [0.3, 0.4) is 0 Å². The predicted molar refractivity (Wildman–Crippen MR) is 106 cm³/mol. The Morgan fingerprint density at radius 3 is 2.43 bits per heavy atom. The molecule has 1 fully saturated rings. The zero-order valence-corrected chi connectivity index (χ0v) is 16.1. The molecule has 0 radical (unpaired) electrons. The van der Waals surface area contributed by atoms with Gasteiger partial charge in [0.05, 0.1) is 5.71 Å². The van der Waals surface area contributed by atoms with E-state index in [9.17, 15) is 9.18 Å². The molecule has 2 aliphatic heterocycles. The molecule has 0 aromatic heterocycles. The third kappa shape index (κ3) is 4.34. The highest BCUT2D eigenvalue weighted by Crippen LogP contribution is 2.20. The molecule has 2 aromatic rings. The van der Waals surface area contributed by atoms with Gasteiger partial charge in [-0.05, 0) is 35.4 Å². The summed E-state index contributed by atoms with van der Waals surface area (Å²) in [5.41, 5.74) is 2.67. The lowest BCUT2D eigenvalue weighted by Gasteiger charge is -2.35. The van der Waals surface area contributed by atoms with Crippen molar-refractivity contribution in [3.63, 3.8) is 0 Å². The van der Waals surface area contributed by atoms with E-state index < -0.39 is 6.10 Å². The number of oxime groups is 1. The number of amides is 1. The summed E-state index contributed by atoms with van der Waals surface area (Å²) < 4.78 is 13.1. The van der Waals surface area contributed by atoms with Crippen LogP contribution in [0.1, 0.15) is 17.5 Å². The first-order valence-electron chi connectivity index (χ1n) is 9.33. The molecule has 146 valence electrons. The number of carbonyl (C=O) groups is 1. The number of halogens is 2. The summed E-state index contributed by atoms with van der Waals surface area (Å²) in [5, 5.41) is 4.77. The number of hydrogen-bond acceptors (Lipinski definition) is 4. The van der Waals surface area contributed by atoms with Gasteiger partial charge < -0.3 is 9.74 Å². The molecule has 28 heavy (non-hydrogen) atoms. The first-order valence-corrected chi connectivity index (χ1v) is 9.70.